The van der Waals surface area contributed by atoms with Gasteiger partial charge in [-0.2, -0.15) is 0 Å². The van der Waals surface area contributed by atoms with Gasteiger partial charge in [0.05, 0.1) is 11.1 Å². The second kappa shape index (κ2) is 6.78. The molecule has 0 fully saturated rings. The van der Waals surface area contributed by atoms with Crippen LogP contribution in [0.5, 0.6) is 0 Å². The number of rotatable bonds is 6. The fourth-order valence-electron chi connectivity index (χ4n) is 2.03. The summed E-state index contributed by atoms with van der Waals surface area (Å²) in [6.45, 7) is 0.344. The van der Waals surface area contributed by atoms with Crippen molar-refractivity contribution >= 4 is 22.8 Å². The standard InChI is InChI=1S/C15H15FN2O3/c16-11-8-10-4-3-7-17-14(10)12(9-11)15(21)18-6-2-1-5-13(19)20/h3-4,7-9H,1-2,5-6H2,(H,18,21)(H,19,20). The maximum atomic E-state index is 13.5. The monoisotopic (exact) mass is 290 g/mol. The minimum absolute atomic E-state index is 0.0698. The molecule has 0 saturated heterocycles. The molecule has 2 N–H and O–H groups in total. The van der Waals surface area contributed by atoms with Crippen molar-refractivity contribution in [2.24, 2.45) is 0 Å². The van der Waals surface area contributed by atoms with Crippen molar-refractivity contribution in [1.82, 2.24) is 10.3 Å². The van der Waals surface area contributed by atoms with Gasteiger partial charge in [-0.15, -0.1) is 0 Å². The lowest BCUT2D eigenvalue weighted by atomic mass is 10.1. The van der Waals surface area contributed by atoms with Crippen molar-refractivity contribution in [1.29, 1.82) is 0 Å². The number of nitrogens with one attached hydrogen (secondary N) is 1. The molecule has 0 radical (unpaired) electrons. The van der Waals surface area contributed by atoms with Crippen LogP contribution in [-0.4, -0.2) is 28.5 Å². The summed E-state index contributed by atoms with van der Waals surface area (Å²) in [7, 11) is 0. The van der Waals surface area contributed by atoms with Crippen LogP contribution in [0.25, 0.3) is 10.9 Å². The fourth-order valence-corrected chi connectivity index (χ4v) is 2.03. The molecule has 2 aromatic rings. The molecule has 0 aliphatic heterocycles. The van der Waals surface area contributed by atoms with E-state index in [0.717, 1.165) is 6.07 Å². The van der Waals surface area contributed by atoms with Crippen LogP contribution < -0.4 is 5.32 Å². The Balaban J connectivity index is 2.04. The van der Waals surface area contributed by atoms with Gasteiger partial charge in [0.1, 0.15) is 5.82 Å². The third kappa shape index (κ3) is 3.98. The van der Waals surface area contributed by atoms with Crippen molar-refractivity contribution in [3.05, 3.63) is 41.8 Å². The number of halogens is 1. The summed E-state index contributed by atoms with van der Waals surface area (Å²) in [4.78, 5) is 26.5. The molecule has 1 amide bonds. The van der Waals surface area contributed by atoms with Gasteiger partial charge < -0.3 is 10.4 Å². The Kier molecular flexibility index (Phi) is 4.81. The molecule has 0 spiro atoms. The van der Waals surface area contributed by atoms with Gasteiger partial charge in [-0.05, 0) is 31.0 Å². The van der Waals surface area contributed by atoms with Crippen LogP contribution in [0.3, 0.4) is 0 Å². The number of aliphatic carboxylic acids is 1. The highest BCUT2D eigenvalue weighted by Gasteiger charge is 2.12. The van der Waals surface area contributed by atoms with Crippen LogP contribution in [0.4, 0.5) is 4.39 Å². The average Bonchev–Trinajstić information content (AvgIpc) is 2.45. The van der Waals surface area contributed by atoms with Crippen molar-refractivity contribution < 1.29 is 19.1 Å². The SMILES string of the molecule is O=C(O)CCCCNC(=O)c1cc(F)cc2cccnc12. The molecule has 0 saturated carbocycles. The highest BCUT2D eigenvalue weighted by atomic mass is 19.1. The van der Waals surface area contributed by atoms with Crippen LogP contribution in [0.15, 0.2) is 30.5 Å². The smallest absolute Gasteiger partial charge is 0.303 e. The molecule has 6 heteroatoms. The molecule has 21 heavy (non-hydrogen) atoms. The van der Waals surface area contributed by atoms with Crippen LogP contribution in [0.1, 0.15) is 29.6 Å². The lowest BCUT2D eigenvalue weighted by Gasteiger charge is -2.07. The van der Waals surface area contributed by atoms with Gasteiger partial charge in [-0.25, -0.2) is 4.39 Å². The second-order valence-electron chi connectivity index (χ2n) is 4.64. The summed E-state index contributed by atoms with van der Waals surface area (Å²) in [5.74, 6) is -1.76. The largest absolute Gasteiger partial charge is 0.481 e. The zero-order chi connectivity index (χ0) is 15.2. The van der Waals surface area contributed by atoms with E-state index < -0.39 is 17.7 Å². The predicted molar refractivity (Wildman–Crippen MR) is 75.5 cm³/mol. The number of aromatic nitrogens is 1. The first-order valence-corrected chi connectivity index (χ1v) is 6.62. The normalized spacial score (nSPS) is 10.5. The zero-order valence-electron chi connectivity index (χ0n) is 11.3. The van der Waals surface area contributed by atoms with E-state index in [-0.39, 0.29) is 12.0 Å². The molecule has 0 unspecified atom stereocenters. The summed E-state index contributed by atoms with van der Waals surface area (Å²) < 4.78 is 13.5. The summed E-state index contributed by atoms with van der Waals surface area (Å²) in [6, 6.07) is 5.85. The third-order valence-electron chi connectivity index (χ3n) is 3.02. The van der Waals surface area contributed by atoms with Gasteiger partial charge in [0, 0.05) is 24.5 Å². The molecular weight excluding hydrogens is 275 g/mol. The van der Waals surface area contributed by atoms with Gasteiger partial charge in [-0.3, -0.25) is 14.6 Å². The number of hydrogen-bond donors (Lipinski definition) is 2. The summed E-state index contributed by atoms with van der Waals surface area (Å²) in [6.07, 6.45) is 2.65. The number of carboxylic acid groups (broad SMARTS) is 1. The van der Waals surface area contributed by atoms with E-state index in [1.807, 2.05) is 0 Å². The predicted octanol–water partition coefficient (Wildman–Crippen LogP) is 2.36. The Morgan fingerprint density at radius 3 is 2.86 bits per heavy atom. The number of nitrogens with zero attached hydrogens (tertiary/aromatic N) is 1. The van der Waals surface area contributed by atoms with E-state index in [2.05, 4.69) is 10.3 Å². The van der Waals surface area contributed by atoms with Crippen molar-refractivity contribution in [2.75, 3.05) is 6.54 Å². The second-order valence-corrected chi connectivity index (χ2v) is 4.64. The number of fused-ring (bicyclic) bond motifs is 1. The number of carbonyl (C=O) groups is 2. The maximum Gasteiger partial charge on any atom is 0.303 e. The molecule has 0 bridgehead atoms. The Morgan fingerprint density at radius 2 is 2.10 bits per heavy atom. The Bertz CT molecular complexity index is 673. The number of hydrogen-bond acceptors (Lipinski definition) is 3. The first kappa shape index (κ1) is 14.9. The summed E-state index contributed by atoms with van der Waals surface area (Å²) in [5.41, 5.74) is 0.630. The highest BCUT2D eigenvalue weighted by molar-refractivity contribution is 6.05. The van der Waals surface area contributed by atoms with Gasteiger partial charge in [0.15, 0.2) is 0 Å². The zero-order valence-corrected chi connectivity index (χ0v) is 11.3. The van der Waals surface area contributed by atoms with Crippen LogP contribution in [-0.2, 0) is 4.79 Å². The van der Waals surface area contributed by atoms with E-state index in [1.165, 1.54) is 6.07 Å². The summed E-state index contributed by atoms with van der Waals surface area (Å²) >= 11 is 0. The quantitative estimate of drug-likeness (QED) is 0.800. The van der Waals surface area contributed by atoms with E-state index >= 15 is 0 Å². The molecule has 0 aliphatic carbocycles. The molecular formula is C15H15FN2O3. The number of benzene rings is 1. The van der Waals surface area contributed by atoms with Gasteiger partial charge in [0.25, 0.3) is 5.91 Å². The minimum atomic E-state index is -0.860. The molecule has 0 atom stereocenters. The number of carboxylic acids is 1. The van der Waals surface area contributed by atoms with Crippen molar-refractivity contribution in [3.63, 3.8) is 0 Å². The Hall–Kier alpha value is -2.50. The van der Waals surface area contributed by atoms with Gasteiger partial charge >= 0.3 is 5.97 Å². The number of carbonyl (C=O) groups excluding carboxylic acids is 1. The van der Waals surface area contributed by atoms with Gasteiger partial charge in [0.2, 0.25) is 0 Å². The van der Waals surface area contributed by atoms with Crippen LogP contribution in [0.2, 0.25) is 0 Å². The molecule has 110 valence electrons. The number of unbranched alkanes of at least 4 members (excludes halogenated alkanes) is 1. The lowest BCUT2D eigenvalue weighted by molar-refractivity contribution is -0.137. The van der Waals surface area contributed by atoms with E-state index in [0.29, 0.717) is 30.3 Å². The lowest BCUT2D eigenvalue weighted by Crippen LogP contribution is -2.25. The first-order valence-electron chi connectivity index (χ1n) is 6.62. The van der Waals surface area contributed by atoms with Crippen LogP contribution >= 0.6 is 0 Å². The average molecular weight is 290 g/mol. The minimum Gasteiger partial charge on any atom is -0.481 e. The van der Waals surface area contributed by atoms with E-state index in [4.69, 9.17) is 5.11 Å². The maximum absolute atomic E-state index is 13.5. The first-order chi connectivity index (χ1) is 10.1. The van der Waals surface area contributed by atoms with E-state index in [9.17, 15) is 14.0 Å². The fraction of sp³-hybridized carbons (Fsp3) is 0.267. The Labute approximate surface area is 120 Å². The Morgan fingerprint density at radius 1 is 1.29 bits per heavy atom. The van der Waals surface area contributed by atoms with Gasteiger partial charge in [-0.1, -0.05) is 6.07 Å². The molecule has 1 aromatic heterocycles. The van der Waals surface area contributed by atoms with Crippen LogP contribution in [0, 0.1) is 5.82 Å². The number of amides is 1. The van der Waals surface area contributed by atoms with Crippen molar-refractivity contribution in [2.45, 2.75) is 19.3 Å². The number of pyridine rings is 1. The molecule has 0 aliphatic rings. The molecule has 2 rings (SSSR count). The summed E-state index contributed by atoms with van der Waals surface area (Å²) in [5, 5.41) is 11.7. The molecule has 1 heterocycles. The van der Waals surface area contributed by atoms with Crippen molar-refractivity contribution in [3.8, 4) is 0 Å². The highest BCUT2D eigenvalue weighted by Crippen LogP contribution is 2.18. The molecule has 1 aromatic carbocycles. The molecule has 5 nitrogen and oxygen atoms in total. The topological polar surface area (TPSA) is 79.3 Å². The van der Waals surface area contributed by atoms with E-state index in [1.54, 1.807) is 18.3 Å². The third-order valence-corrected chi connectivity index (χ3v) is 3.02.